The number of β-lactam (4-membered cyclic amide) rings is 1. The summed E-state index contributed by atoms with van der Waals surface area (Å²) < 4.78 is 12.4. The van der Waals surface area contributed by atoms with Crippen molar-refractivity contribution in [1.82, 2.24) is 15.2 Å². The van der Waals surface area contributed by atoms with Gasteiger partial charge in [-0.1, -0.05) is 157 Å². The molecule has 4 heterocycles. The van der Waals surface area contributed by atoms with E-state index in [0.717, 1.165) is 52.0 Å². The Morgan fingerprint density at radius 2 is 1.42 bits per heavy atom. The molecule has 3 aliphatic heterocycles. The number of thioether (sulfide) groups is 2. The van der Waals surface area contributed by atoms with Crippen LogP contribution in [0.4, 0.5) is 5.13 Å². The summed E-state index contributed by atoms with van der Waals surface area (Å²) in [5, 5.41) is 12.5. The van der Waals surface area contributed by atoms with Crippen LogP contribution in [0, 0.1) is 0 Å². The maximum atomic E-state index is 14.6. The zero-order valence-corrected chi connectivity index (χ0v) is 38.0. The molecule has 0 spiro atoms. The highest BCUT2D eigenvalue weighted by atomic mass is 32.2. The highest BCUT2D eigenvalue weighted by molar-refractivity contribution is 8.06. The van der Waals surface area contributed by atoms with Crippen LogP contribution in [0.15, 0.2) is 173 Å². The topological polar surface area (TPSA) is 131 Å². The number of nitrogens with zero attached hydrogens (tertiary/aromatic N) is 3. The second kappa shape index (κ2) is 20.3. The molecule has 0 saturated carbocycles. The van der Waals surface area contributed by atoms with Gasteiger partial charge in [-0.2, -0.15) is 0 Å². The van der Waals surface area contributed by atoms with E-state index in [1.54, 1.807) is 5.38 Å². The molecular weight excluding hydrogens is 875 g/mol. The molecular formula is C51H47N5O6S3. The van der Waals surface area contributed by atoms with Gasteiger partial charge in [-0.3, -0.25) is 14.5 Å². The zero-order chi connectivity index (χ0) is 44.6. The van der Waals surface area contributed by atoms with Crippen LogP contribution in [-0.4, -0.2) is 76.1 Å². The molecule has 2 saturated heterocycles. The molecule has 3 atom stereocenters. The van der Waals surface area contributed by atoms with Crippen molar-refractivity contribution in [3.63, 3.8) is 0 Å². The van der Waals surface area contributed by atoms with Crippen molar-refractivity contribution in [1.29, 1.82) is 0 Å². The van der Waals surface area contributed by atoms with Crippen LogP contribution in [0.2, 0.25) is 0 Å². The molecule has 0 radical (unpaired) electrons. The highest BCUT2D eigenvalue weighted by Gasteiger charge is 2.55. The summed E-state index contributed by atoms with van der Waals surface area (Å²) in [7, 11) is 1.36. The van der Waals surface area contributed by atoms with Gasteiger partial charge in [0.2, 0.25) is 0 Å². The average molecular weight is 922 g/mol. The van der Waals surface area contributed by atoms with Gasteiger partial charge in [0.15, 0.2) is 16.9 Å². The van der Waals surface area contributed by atoms with Crippen molar-refractivity contribution < 1.29 is 28.7 Å². The first-order chi connectivity index (χ1) is 31.9. The van der Waals surface area contributed by atoms with Crippen molar-refractivity contribution in [2.75, 3.05) is 30.5 Å². The monoisotopic (exact) mass is 921 g/mol. The lowest BCUT2D eigenvalue weighted by Gasteiger charge is -2.49. The van der Waals surface area contributed by atoms with Gasteiger partial charge in [-0.25, -0.2) is 9.78 Å². The molecule has 0 aliphatic carbocycles. The fraction of sp³-hybridized carbons (Fsp3) is 0.235. The molecule has 2 fully saturated rings. The Morgan fingerprint density at radius 3 is 1.95 bits per heavy atom. The lowest BCUT2D eigenvalue weighted by Crippen LogP contribution is -2.71. The number of aromatic nitrogens is 1. The molecule has 9 rings (SSSR count). The minimum atomic E-state index is -0.956. The maximum absolute atomic E-state index is 14.6. The maximum Gasteiger partial charge on any atom is 0.356 e. The molecule has 3 aliphatic rings. The number of rotatable bonds is 16. The molecule has 2 unspecified atom stereocenters. The van der Waals surface area contributed by atoms with Crippen LogP contribution in [-0.2, 0) is 34.2 Å². The first-order valence-electron chi connectivity index (χ1n) is 21.5. The van der Waals surface area contributed by atoms with Crippen LogP contribution in [0.1, 0.15) is 58.9 Å². The van der Waals surface area contributed by atoms with Crippen molar-refractivity contribution >= 4 is 63.5 Å². The van der Waals surface area contributed by atoms with E-state index in [4.69, 9.17) is 19.3 Å². The normalized spacial score (nSPS) is 18.7. The van der Waals surface area contributed by atoms with E-state index < -0.39 is 40.8 Å². The summed E-state index contributed by atoms with van der Waals surface area (Å²) in [5.74, 6) is -0.596. The summed E-state index contributed by atoms with van der Waals surface area (Å²) >= 11 is 4.34. The molecule has 11 nitrogen and oxygen atoms in total. The summed E-state index contributed by atoms with van der Waals surface area (Å²) in [6, 6.07) is 48.6. The van der Waals surface area contributed by atoms with Crippen molar-refractivity contribution in [3.05, 3.63) is 201 Å². The molecule has 6 aromatic rings. The number of nitrogens with one attached hydrogen (secondary N) is 2. The van der Waals surface area contributed by atoms with Gasteiger partial charge in [0, 0.05) is 28.4 Å². The minimum Gasteiger partial charge on any atom is -0.448 e. The summed E-state index contributed by atoms with van der Waals surface area (Å²) in [6.45, 7) is 0.709. The Balaban J connectivity index is 0.973. The number of carbonyl (C=O) groups excluding carboxylic acids is 3. The number of oxime groups is 1. The predicted octanol–water partition coefficient (Wildman–Crippen LogP) is 9.14. The second-order valence-electron chi connectivity index (χ2n) is 15.7. The third-order valence-electron chi connectivity index (χ3n) is 11.6. The van der Waals surface area contributed by atoms with E-state index >= 15 is 0 Å². The Hall–Kier alpha value is -6.19. The number of ether oxygens (including phenoxy) is 2. The van der Waals surface area contributed by atoms with E-state index in [2.05, 4.69) is 52.2 Å². The van der Waals surface area contributed by atoms with Crippen LogP contribution in [0.3, 0.4) is 0 Å². The van der Waals surface area contributed by atoms with Crippen LogP contribution < -0.4 is 10.6 Å². The van der Waals surface area contributed by atoms with Gasteiger partial charge < -0.3 is 24.9 Å². The quantitative estimate of drug-likeness (QED) is 0.0319. The van der Waals surface area contributed by atoms with E-state index in [1.807, 2.05) is 115 Å². The first-order valence-corrected chi connectivity index (χ1v) is 24.4. The molecule has 0 bridgehead atoms. The van der Waals surface area contributed by atoms with E-state index in [-0.39, 0.29) is 23.2 Å². The second-order valence-corrected chi connectivity index (χ2v) is 18.8. The third kappa shape index (κ3) is 9.35. The van der Waals surface area contributed by atoms with Crippen molar-refractivity contribution in [2.24, 2.45) is 5.16 Å². The number of anilines is 1. The van der Waals surface area contributed by atoms with Gasteiger partial charge in [-0.05, 0) is 47.1 Å². The SMILES string of the molecule is CO/N=C(\C(=O)NC1C(=O)N2C(C(=O)OC(c3ccccc3)c3ccccc3)=C(SCC3CCCCO3)CS[C@@H]12)c1csc(NC(c2ccccc2)(c2ccccc2)c2ccccc2)n1. The third-order valence-corrected chi connectivity index (χ3v) is 15.1. The number of esters is 1. The fourth-order valence-corrected chi connectivity index (χ4v) is 11.9. The molecule has 14 heteroatoms. The van der Waals surface area contributed by atoms with E-state index in [1.165, 1.54) is 46.9 Å². The average Bonchev–Trinajstić information content (AvgIpc) is 3.84. The number of amides is 2. The van der Waals surface area contributed by atoms with Gasteiger partial charge in [0.1, 0.15) is 35.5 Å². The van der Waals surface area contributed by atoms with Gasteiger partial charge in [0.05, 0.1) is 6.10 Å². The minimum absolute atomic E-state index is 0.0492. The van der Waals surface area contributed by atoms with Gasteiger partial charge in [0.25, 0.3) is 11.8 Å². The highest BCUT2D eigenvalue weighted by Crippen LogP contribution is 2.45. The van der Waals surface area contributed by atoms with Crippen molar-refractivity contribution in [2.45, 2.75) is 48.4 Å². The van der Waals surface area contributed by atoms with Gasteiger partial charge >= 0.3 is 5.97 Å². The smallest absolute Gasteiger partial charge is 0.356 e. The number of thiazole rings is 1. The standard InChI is InChI=1S/C51H47N5O6S3/c1-60-55-42(40-32-65-50(52-40)54-51(36-23-11-4-12-24-36,37-25-13-5-14-26-37)38-27-15-6-16-28-38)46(57)53-43-47(58)56-44(41(33-64-48(43)56)63-31-39-29-17-18-30-61-39)49(59)62-45(34-19-7-2-8-20-34)35-21-9-3-10-22-35/h2-16,19-28,32,39,43,45,48H,17-18,29-31,33H2,1H3,(H,52,54)(H,53,57)/b55-42-/t39?,43?,48-/m0/s1. The number of carbonyl (C=O) groups is 3. The summed E-state index contributed by atoms with van der Waals surface area (Å²) in [6.07, 6.45) is 2.39. The van der Waals surface area contributed by atoms with Crippen LogP contribution in [0.25, 0.3) is 0 Å². The number of fused-ring (bicyclic) bond motifs is 1. The first kappa shape index (κ1) is 44.0. The number of hydrogen-bond acceptors (Lipinski definition) is 12. The molecule has 65 heavy (non-hydrogen) atoms. The Labute approximate surface area is 390 Å². The fourth-order valence-electron chi connectivity index (χ4n) is 8.46. The molecule has 2 amide bonds. The zero-order valence-electron chi connectivity index (χ0n) is 35.6. The number of benzene rings is 5. The van der Waals surface area contributed by atoms with Crippen LogP contribution >= 0.6 is 34.9 Å². The van der Waals surface area contributed by atoms with E-state index in [0.29, 0.717) is 23.2 Å². The summed E-state index contributed by atoms with van der Waals surface area (Å²) in [4.78, 5) is 55.5. The molecule has 2 N–H and O–H groups in total. The predicted molar refractivity (Wildman–Crippen MR) is 257 cm³/mol. The lowest BCUT2D eigenvalue weighted by atomic mass is 9.77. The Morgan fingerprint density at radius 1 is 0.846 bits per heavy atom. The molecule has 330 valence electrons. The largest absolute Gasteiger partial charge is 0.448 e. The molecule has 5 aromatic carbocycles. The molecule has 1 aromatic heterocycles. The van der Waals surface area contributed by atoms with Crippen LogP contribution in [0.5, 0.6) is 0 Å². The van der Waals surface area contributed by atoms with Gasteiger partial charge in [-0.15, -0.1) is 34.9 Å². The van der Waals surface area contributed by atoms with E-state index in [9.17, 15) is 14.4 Å². The Bertz CT molecular complexity index is 2510. The number of hydrogen-bond donors (Lipinski definition) is 2. The van der Waals surface area contributed by atoms with Crippen molar-refractivity contribution in [3.8, 4) is 0 Å². The summed E-state index contributed by atoms with van der Waals surface area (Å²) in [5.41, 5.74) is 4.09. The Kier molecular flexibility index (Phi) is 13.8. The lowest BCUT2D eigenvalue weighted by molar-refractivity contribution is -0.154.